The lowest BCUT2D eigenvalue weighted by Crippen LogP contribution is -2.27. The number of rotatable bonds is 9. The molecule has 8 heteroatoms. The van der Waals surface area contributed by atoms with E-state index in [1.807, 2.05) is 18.2 Å². The van der Waals surface area contributed by atoms with Gasteiger partial charge in [0.15, 0.2) is 15.8 Å². The Morgan fingerprint density at radius 2 is 1.90 bits per heavy atom. The Hall–Kier alpha value is -2.84. The summed E-state index contributed by atoms with van der Waals surface area (Å²) in [5, 5.41) is 9.05. The Labute approximate surface area is 190 Å². The Balaban J connectivity index is 1.78. The van der Waals surface area contributed by atoms with E-state index in [1.54, 1.807) is 25.3 Å². The van der Waals surface area contributed by atoms with Crippen LogP contribution < -0.4 is 14.4 Å². The lowest BCUT2D eigenvalue weighted by atomic mass is 10.1. The number of hydrogen-bond donors (Lipinski definition) is 1. The largest absolute Gasteiger partial charge is 0.493 e. The molecule has 0 saturated carbocycles. The van der Waals surface area contributed by atoms with E-state index in [1.165, 1.54) is 28.8 Å². The number of amides is 1. The van der Waals surface area contributed by atoms with Crippen LogP contribution in [0.2, 0.25) is 0 Å². The number of unbranched alkanes of at least 4 members (excludes halogenated alkanes) is 2. The van der Waals surface area contributed by atoms with Gasteiger partial charge in [-0.3, -0.25) is 9.69 Å². The van der Waals surface area contributed by atoms with Crippen LogP contribution in [0.3, 0.4) is 0 Å². The van der Waals surface area contributed by atoms with Crippen molar-refractivity contribution >= 4 is 51.9 Å². The van der Waals surface area contributed by atoms with Gasteiger partial charge in [-0.1, -0.05) is 49.8 Å². The fourth-order valence-electron chi connectivity index (χ4n) is 3.02. The molecule has 0 unspecified atom stereocenters. The third-order valence-electron chi connectivity index (χ3n) is 4.66. The fourth-order valence-corrected chi connectivity index (χ4v) is 4.32. The zero-order valence-electron chi connectivity index (χ0n) is 17.3. The minimum atomic E-state index is -1.02. The predicted octanol–water partition coefficient (Wildman–Crippen LogP) is 5.37. The van der Waals surface area contributed by atoms with Crippen molar-refractivity contribution in [3.8, 4) is 11.5 Å². The summed E-state index contributed by atoms with van der Waals surface area (Å²) < 4.78 is 11.6. The molecule has 1 heterocycles. The number of carboxylic acid groups (broad SMARTS) is 1. The van der Waals surface area contributed by atoms with Gasteiger partial charge in [0.2, 0.25) is 0 Å². The molecule has 0 aromatic heterocycles. The van der Waals surface area contributed by atoms with E-state index >= 15 is 0 Å². The number of methoxy groups -OCH3 is 1. The number of carbonyl (C=O) groups excluding carboxylic acids is 1. The fraction of sp³-hybridized carbons (Fsp3) is 0.261. The second-order valence-electron chi connectivity index (χ2n) is 6.84. The van der Waals surface area contributed by atoms with E-state index in [-0.39, 0.29) is 11.5 Å². The maximum atomic E-state index is 12.9. The zero-order chi connectivity index (χ0) is 22.4. The monoisotopic (exact) mass is 457 g/mol. The van der Waals surface area contributed by atoms with Crippen LogP contribution in [-0.2, 0) is 4.79 Å². The average Bonchev–Trinajstić information content (AvgIpc) is 3.04. The van der Waals surface area contributed by atoms with Gasteiger partial charge >= 0.3 is 5.97 Å². The zero-order valence-corrected chi connectivity index (χ0v) is 18.9. The topological polar surface area (TPSA) is 76.1 Å². The van der Waals surface area contributed by atoms with Gasteiger partial charge < -0.3 is 14.6 Å². The summed E-state index contributed by atoms with van der Waals surface area (Å²) in [6.07, 6.45) is 4.98. The number of ether oxygens (including phenoxy) is 2. The first kappa shape index (κ1) is 22.8. The normalized spacial score (nSPS) is 14.9. The summed E-state index contributed by atoms with van der Waals surface area (Å²) in [5.74, 6) is -0.00712. The van der Waals surface area contributed by atoms with Crippen molar-refractivity contribution in [1.29, 1.82) is 0 Å². The molecule has 6 nitrogen and oxygen atoms in total. The maximum absolute atomic E-state index is 12.9. The average molecular weight is 458 g/mol. The quantitative estimate of drug-likeness (QED) is 0.308. The Morgan fingerprint density at radius 3 is 2.55 bits per heavy atom. The Morgan fingerprint density at radius 1 is 1.16 bits per heavy atom. The van der Waals surface area contributed by atoms with Crippen molar-refractivity contribution in [2.45, 2.75) is 26.2 Å². The molecular formula is C23H23NO5S2. The SMILES string of the molecule is CCCCCOc1ccc(/C=C2\SC(=S)N(c3ccc(C(=O)O)cc3)C2=O)cc1OC. The van der Waals surface area contributed by atoms with Crippen molar-refractivity contribution < 1.29 is 24.2 Å². The van der Waals surface area contributed by atoms with Crippen LogP contribution in [-0.4, -0.2) is 35.0 Å². The molecule has 0 radical (unpaired) electrons. The molecule has 2 aromatic carbocycles. The van der Waals surface area contributed by atoms with E-state index in [9.17, 15) is 9.59 Å². The molecule has 1 N–H and O–H groups in total. The first-order chi connectivity index (χ1) is 14.9. The van der Waals surface area contributed by atoms with Crippen LogP contribution in [0.15, 0.2) is 47.4 Å². The molecule has 1 saturated heterocycles. The highest BCUT2D eigenvalue weighted by atomic mass is 32.2. The third-order valence-corrected chi connectivity index (χ3v) is 5.96. The molecule has 2 aromatic rings. The van der Waals surface area contributed by atoms with Crippen LogP contribution in [0.4, 0.5) is 5.69 Å². The third kappa shape index (κ3) is 5.45. The van der Waals surface area contributed by atoms with E-state index in [0.29, 0.717) is 33.0 Å². The van der Waals surface area contributed by atoms with Crippen molar-refractivity contribution in [3.05, 3.63) is 58.5 Å². The number of nitrogens with zero attached hydrogens (tertiary/aromatic N) is 1. The molecule has 0 spiro atoms. The number of hydrogen-bond acceptors (Lipinski definition) is 6. The van der Waals surface area contributed by atoms with Crippen molar-refractivity contribution in [2.24, 2.45) is 0 Å². The van der Waals surface area contributed by atoms with E-state index in [0.717, 1.165) is 24.8 Å². The summed E-state index contributed by atoms with van der Waals surface area (Å²) in [6, 6.07) is 11.6. The molecule has 0 bridgehead atoms. The summed E-state index contributed by atoms with van der Waals surface area (Å²) >= 11 is 6.58. The molecule has 1 fully saturated rings. The summed E-state index contributed by atoms with van der Waals surface area (Å²) in [7, 11) is 1.58. The summed E-state index contributed by atoms with van der Waals surface area (Å²) in [4.78, 5) is 25.9. The molecule has 1 amide bonds. The summed E-state index contributed by atoms with van der Waals surface area (Å²) in [5.41, 5.74) is 1.47. The van der Waals surface area contributed by atoms with Crippen LogP contribution in [0, 0.1) is 0 Å². The number of carboxylic acids is 1. The first-order valence-corrected chi connectivity index (χ1v) is 11.1. The van der Waals surface area contributed by atoms with Crippen molar-refractivity contribution in [2.75, 3.05) is 18.6 Å². The Bertz CT molecular complexity index is 1020. The number of aromatic carboxylic acids is 1. The predicted molar refractivity (Wildman–Crippen MR) is 127 cm³/mol. The van der Waals surface area contributed by atoms with Crippen molar-refractivity contribution in [3.63, 3.8) is 0 Å². The molecule has 1 aliphatic heterocycles. The maximum Gasteiger partial charge on any atom is 0.335 e. The van der Waals surface area contributed by atoms with E-state index in [4.69, 9.17) is 26.8 Å². The number of carbonyl (C=O) groups is 2. The smallest absolute Gasteiger partial charge is 0.335 e. The standard InChI is InChI=1S/C23H23NO5S2/c1-3-4-5-12-29-18-11-6-15(13-19(18)28-2)14-20-21(25)24(23(30)31-20)17-9-7-16(8-10-17)22(26)27/h6-11,13-14H,3-5,12H2,1-2H3,(H,26,27)/b20-14-. The minimum absolute atomic E-state index is 0.147. The second kappa shape index (κ2) is 10.5. The number of thioether (sulfide) groups is 1. The second-order valence-corrected chi connectivity index (χ2v) is 8.51. The van der Waals surface area contributed by atoms with Gasteiger partial charge in [-0.25, -0.2) is 4.79 Å². The number of benzene rings is 2. The molecule has 0 atom stereocenters. The van der Waals surface area contributed by atoms with Crippen LogP contribution in [0.1, 0.15) is 42.1 Å². The van der Waals surface area contributed by atoms with E-state index < -0.39 is 5.97 Å². The molecule has 0 aliphatic carbocycles. The molecule has 31 heavy (non-hydrogen) atoms. The highest BCUT2D eigenvalue weighted by Gasteiger charge is 2.33. The van der Waals surface area contributed by atoms with Gasteiger partial charge in [-0.2, -0.15) is 0 Å². The van der Waals surface area contributed by atoms with Gasteiger partial charge in [0, 0.05) is 0 Å². The minimum Gasteiger partial charge on any atom is -0.493 e. The highest BCUT2D eigenvalue weighted by molar-refractivity contribution is 8.27. The number of thiocarbonyl (C=S) groups is 1. The van der Waals surface area contributed by atoms with Crippen molar-refractivity contribution in [1.82, 2.24) is 0 Å². The highest BCUT2D eigenvalue weighted by Crippen LogP contribution is 2.37. The van der Waals surface area contributed by atoms with Crippen LogP contribution in [0.25, 0.3) is 6.08 Å². The summed E-state index contributed by atoms with van der Waals surface area (Å²) in [6.45, 7) is 2.77. The molecule has 1 aliphatic rings. The molecular weight excluding hydrogens is 434 g/mol. The lowest BCUT2D eigenvalue weighted by Gasteiger charge is -2.14. The van der Waals surface area contributed by atoms with Crippen LogP contribution in [0.5, 0.6) is 11.5 Å². The van der Waals surface area contributed by atoms with E-state index in [2.05, 4.69) is 6.92 Å². The van der Waals surface area contributed by atoms with Gasteiger partial charge in [-0.15, -0.1) is 0 Å². The number of anilines is 1. The molecule has 162 valence electrons. The van der Waals surface area contributed by atoms with Gasteiger partial charge in [0.25, 0.3) is 5.91 Å². The van der Waals surface area contributed by atoms with Gasteiger partial charge in [0.1, 0.15) is 0 Å². The lowest BCUT2D eigenvalue weighted by molar-refractivity contribution is -0.113. The van der Waals surface area contributed by atoms with Crippen LogP contribution >= 0.6 is 24.0 Å². The van der Waals surface area contributed by atoms with Gasteiger partial charge in [-0.05, 0) is 54.5 Å². The first-order valence-electron chi connectivity index (χ1n) is 9.86. The molecule has 3 rings (SSSR count). The Kier molecular flexibility index (Phi) is 7.70. The van der Waals surface area contributed by atoms with Gasteiger partial charge in [0.05, 0.1) is 29.9 Å².